The van der Waals surface area contributed by atoms with E-state index in [1.807, 2.05) is 6.92 Å². The molecule has 0 aliphatic carbocycles. The summed E-state index contributed by atoms with van der Waals surface area (Å²) in [6.45, 7) is 2.24. The van der Waals surface area contributed by atoms with Gasteiger partial charge in [0.05, 0.1) is 6.54 Å². The van der Waals surface area contributed by atoms with E-state index in [0.717, 1.165) is 11.1 Å². The Morgan fingerprint density at radius 3 is 2.46 bits per heavy atom. The highest BCUT2D eigenvalue weighted by molar-refractivity contribution is 5.54. The second kappa shape index (κ2) is 5.95. The lowest BCUT2D eigenvalue weighted by atomic mass is 10.1. The number of pyridine rings is 1. The Hall–Kier alpha value is -2.90. The van der Waals surface area contributed by atoms with Gasteiger partial charge in [-0.2, -0.15) is 18.2 Å². The fraction of sp³-hybridized carbons (Fsp3) is 0.188. The van der Waals surface area contributed by atoms with Gasteiger partial charge in [-0.15, -0.1) is 0 Å². The van der Waals surface area contributed by atoms with Gasteiger partial charge in [0.25, 0.3) is 5.56 Å². The Balaban J connectivity index is 1.82. The molecule has 0 spiro atoms. The van der Waals surface area contributed by atoms with Crippen LogP contribution < -0.4 is 5.56 Å². The van der Waals surface area contributed by atoms with Gasteiger partial charge in [-0.1, -0.05) is 35.5 Å². The Labute approximate surface area is 134 Å². The first-order valence-electron chi connectivity index (χ1n) is 7.00. The zero-order chi connectivity index (χ0) is 17.3. The fourth-order valence-electron chi connectivity index (χ4n) is 2.19. The normalized spacial score (nSPS) is 11.7. The molecule has 0 amide bonds. The lowest BCUT2D eigenvalue weighted by Crippen LogP contribution is -2.19. The first-order chi connectivity index (χ1) is 11.3. The Bertz CT molecular complexity index is 911. The van der Waals surface area contributed by atoms with Gasteiger partial charge in [-0.25, -0.2) is 0 Å². The summed E-state index contributed by atoms with van der Waals surface area (Å²) in [5.41, 5.74) is 2.05. The van der Waals surface area contributed by atoms with Crippen molar-refractivity contribution in [1.29, 1.82) is 0 Å². The van der Waals surface area contributed by atoms with Crippen molar-refractivity contribution in [2.24, 2.45) is 0 Å². The molecule has 24 heavy (non-hydrogen) atoms. The topological polar surface area (TPSA) is 60.9 Å². The van der Waals surface area contributed by atoms with Crippen LogP contribution >= 0.6 is 0 Å². The summed E-state index contributed by atoms with van der Waals surface area (Å²) in [6.07, 6.45) is -2.93. The van der Waals surface area contributed by atoms with Crippen molar-refractivity contribution in [3.8, 4) is 11.4 Å². The van der Waals surface area contributed by atoms with Crippen LogP contribution in [0.3, 0.4) is 0 Å². The minimum Gasteiger partial charge on any atom is -0.329 e. The zero-order valence-corrected chi connectivity index (χ0v) is 12.5. The lowest BCUT2D eigenvalue weighted by Gasteiger charge is -2.07. The summed E-state index contributed by atoms with van der Waals surface area (Å²) in [5, 5.41) is 3.33. The third kappa shape index (κ3) is 3.37. The molecule has 0 unspecified atom stereocenters. The highest BCUT2D eigenvalue weighted by Crippen LogP contribution is 2.29. The van der Waals surface area contributed by atoms with E-state index in [9.17, 15) is 18.0 Å². The maximum Gasteiger partial charge on any atom is 0.471 e. The molecule has 0 N–H and O–H groups in total. The fourth-order valence-corrected chi connectivity index (χ4v) is 2.19. The maximum absolute atomic E-state index is 12.5. The average Bonchev–Trinajstić information content (AvgIpc) is 3.02. The molecule has 0 aliphatic rings. The summed E-state index contributed by atoms with van der Waals surface area (Å²) in [7, 11) is 0. The van der Waals surface area contributed by atoms with Crippen LogP contribution in [0.4, 0.5) is 13.2 Å². The van der Waals surface area contributed by atoms with E-state index in [4.69, 9.17) is 0 Å². The van der Waals surface area contributed by atoms with Crippen LogP contribution in [0.25, 0.3) is 11.4 Å². The molecule has 0 radical (unpaired) electrons. The van der Waals surface area contributed by atoms with Gasteiger partial charge < -0.3 is 9.09 Å². The number of halogens is 3. The van der Waals surface area contributed by atoms with Gasteiger partial charge >= 0.3 is 12.1 Å². The monoisotopic (exact) mass is 335 g/mol. The van der Waals surface area contributed by atoms with Gasteiger partial charge in [0, 0.05) is 17.8 Å². The number of benzene rings is 1. The minimum atomic E-state index is -4.67. The van der Waals surface area contributed by atoms with Crippen molar-refractivity contribution in [3.05, 3.63) is 70.0 Å². The second-order valence-corrected chi connectivity index (χ2v) is 5.29. The van der Waals surface area contributed by atoms with E-state index in [2.05, 4.69) is 14.7 Å². The van der Waals surface area contributed by atoms with Crippen LogP contribution in [0.1, 0.15) is 17.0 Å². The molecule has 124 valence electrons. The summed E-state index contributed by atoms with van der Waals surface area (Å²) in [6, 6.07) is 9.79. The van der Waals surface area contributed by atoms with E-state index in [1.54, 1.807) is 41.1 Å². The highest BCUT2D eigenvalue weighted by Gasteiger charge is 2.38. The molecule has 2 aromatic heterocycles. The first kappa shape index (κ1) is 16.0. The Kier molecular flexibility index (Phi) is 3.96. The number of rotatable bonds is 3. The molecule has 0 bridgehead atoms. The SMILES string of the molecule is Cc1ccc(=O)n(Cc2ccc(-c3noc(C(F)(F)F)n3)cc2)c1. The van der Waals surface area contributed by atoms with Gasteiger partial charge in [-0.3, -0.25) is 4.79 Å². The molecular formula is C16H12F3N3O2. The van der Waals surface area contributed by atoms with E-state index < -0.39 is 12.1 Å². The third-order valence-electron chi connectivity index (χ3n) is 3.36. The summed E-state index contributed by atoms with van der Waals surface area (Å²) in [4.78, 5) is 15.1. The molecule has 8 heteroatoms. The van der Waals surface area contributed by atoms with Crippen molar-refractivity contribution in [3.63, 3.8) is 0 Å². The number of hydrogen-bond donors (Lipinski definition) is 0. The molecule has 5 nitrogen and oxygen atoms in total. The van der Waals surface area contributed by atoms with Crippen molar-refractivity contribution in [2.45, 2.75) is 19.6 Å². The van der Waals surface area contributed by atoms with E-state index in [0.29, 0.717) is 12.1 Å². The quantitative estimate of drug-likeness (QED) is 0.737. The number of nitrogens with zero attached hydrogens (tertiary/aromatic N) is 3. The van der Waals surface area contributed by atoms with Gasteiger partial charge in [-0.05, 0) is 18.1 Å². The number of hydrogen-bond acceptors (Lipinski definition) is 4. The highest BCUT2D eigenvalue weighted by atomic mass is 19.4. The maximum atomic E-state index is 12.5. The van der Waals surface area contributed by atoms with E-state index in [-0.39, 0.29) is 11.4 Å². The number of aromatic nitrogens is 3. The number of aryl methyl sites for hydroxylation is 1. The molecule has 0 saturated carbocycles. The second-order valence-electron chi connectivity index (χ2n) is 5.29. The van der Waals surface area contributed by atoms with Gasteiger partial charge in [0.1, 0.15) is 0 Å². The molecule has 2 heterocycles. The van der Waals surface area contributed by atoms with E-state index in [1.165, 1.54) is 6.07 Å². The van der Waals surface area contributed by atoms with Crippen LogP contribution in [0.15, 0.2) is 51.9 Å². The molecule has 3 aromatic rings. The lowest BCUT2D eigenvalue weighted by molar-refractivity contribution is -0.159. The van der Waals surface area contributed by atoms with Crippen molar-refractivity contribution in [2.75, 3.05) is 0 Å². The van der Waals surface area contributed by atoms with Crippen molar-refractivity contribution >= 4 is 0 Å². The smallest absolute Gasteiger partial charge is 0.329 e. The van der Waals surface area contributed by atoms with Crippen LogP contribution in [0, 0.1) is 6.92 Å². The molecule has 3 rings (SSSR count). The van der Waals surface area contributed by atoms with Crippen LogP contribution in [0.2, 0.25) is 0 Å². The standard InChI is InChI=1S/C16H12F3N3O2/c1-10-2-7-13(23)22(8-10)9-11-3-5-12(6-4-11)14-20-15(24-21-14)16(17,18)19/h2-8H,9H2,1H3. The molecule has 0 fully saturated rings. The summed E-state index contributed by atoms with van der Waals surface area (Å²) < 4.78 is 43.2. The minimum absolute atomic E-state index is 0.127. The van der Waals surface area contributed by atoms with Crippen LogP contribution in [-0.4, -0.2) is 14.7 Å². The van der Waals surface area contributed by atoms with E-state index >= 15 is 0 Å². The average molecular weight is 335 g/mol. The molecule has 0 saturated heterocycles. The van der Waals surface area contributed by atoms with Crippen LogP contribution in [-0.2, 0) is 12.7 Å². The Morgan fingerprint density at radius 1 is 1.12 bits per heavy atom. The van der Waals surface area contributed by atoms with Crippen LogP contribution in [0.5, 0.6) is 0 Å². The largest absolute Gasteiger partial charge is 0.471 e. The van der Waals surface area contributed by atoms with Crippen molar-refractivity contribution < 1.29 is 17.7 Å². The summed E-state index contributed by atoms with van der Waals surface area (Å²) >= 11 is 0. The third-order valence-corrected chi connectivity index (χ3v) is 3.36. The number of alkyl halides is 3. The van der Waals surface area contributed by atoms with Gasteiger partial charge in [0.2, 0.25) is 5.82 Å². The predicted octanol–water partition coefficient (Wildman–Crippen LogP) is 3.27. The molecule has 0 atom stereocenters. The zero-order valence-electron chi connectivity index (χ0n) is 12.5. The first-order valence-corrected chi connectivity index (χ1v) is 7.00. The van der Waals surface area contributed by atoms with Crippen molar-refractivity contribution in [1.82, 2.24) is 14.7 Å². The van der Waals surface area contributed by atoms with Gasteiger partial charge in [0.15, 0.2) is 0 Å². The summed E-state index contributed by atoms with van der Waals surface area (Å²) in [5.74, 6) is -1.52. The Morgan fingerprint density at radius 2 is 1.83 bits per heavy atom. The molecule has 1 aromatic carbocycles. The predicted molar refractivity (Wildman–Crippen MR) is 79.3 cm³/mol. The molecule has 0 aliphatic heterocycles. The molecular weight excluding hydrogens is 323 g/mol.